The van der Waals surface area contributed by atoms with Gasteiger partial charge in [0.15, 0.2) is 5.11 Å². The number of hydrogen-bond acceptors (Lipinski definition) is 2. The van der Waals surface area contributed by atoms with Crippen molar-refractivity contribution in [2.24, 2.45) is 0 Å². The molecule has 0 saturated carbocycles. The molecule has 4 rings (SSSR count). The van der Waals surface area contributed by atoms with Crippen LogP contribution in [0.2, 0.25) is 0 Å². The molecule has 0 unspecified atom stereocenters. The van der Waals surface area contributed by atoms with Gasteiger partial charge in [-0.3, -0.25) is 4.98 Å². The van der Waals surface area contributed by atoms with E-state index in [4.69, 9.17) is 12.2 Å². The molecule has 2 aromatic heterocycles. The summed E-state index contributed by atoms with van der Waals surface area (Å²) in [4.78, 5) is 9.87. The summed E-state index contributed by atoms with van der Waals surface area (Å²) < 4.78 is 0. The number of hydrogen-bond donors (Lipinski definition) is 2. The van der Waals surface area contributed by atoms with E-state index in [9.17, 15) is 0 Å². The molecule has 30 heavy (non-hydrogen) atoms. The summed E-state index contributed by atoms with van der Waals surface area (Å²) in [5, 5.41) is 5.44. The Kier molecular flexibility index (Phi) is 6.10. The Bertz CT molecular complexity index is 1150. The third-order valence-electron chi connectivity index (χ3n) is 5.34. The highest BCUT2D eigenvalue weighted by Gasteiger charge is 2.14. The van der Waals surface area contributed by atoms with E-state index >= 15 is 0 Å². The molecule has 152 valence electrons. The number of pyridine rings is 1. The zero-order valence-electron chi connectivity index (χ0n) is 17.4. The first-order valence-corrected chi connectivity index (χ1v) is 10.6. The summed E-state index contributed by atoms with van der Waals surface area (Å²) >= 11 is 5.81. The van der Waals surface area contributed by atoms with Crippen molar-refractivity contribution in [1.82, 2.24) is 14.9 Å². The molecular weight excluding hydrogens is 388 g/mol. The second-order valence-electron chi connectivity index (χ2n) is 7.60. The maximum Gasteiger partial charge on any atom is 0.173 e. The van der Waals surface area contributed by atoms with Crippen LogP contribution in [0.3, 0.4) is 0 Å². The molecule has 2 aromatic carbocycles. The molecule has 0 bridgehead atoms. The lowest BCUT2D eigenvalue weighted by atomic mass is 10.1. The zero-order chi connectivity index (χ0) is 20.9. The van der Waals surface area contributed by atoms with E-state index in [2.05, 4.69) is 70.4 Å². The number of fused-ring (bicyclic) bond motifs is 1. The number of anilines is 1. The normalized spacial score (nSPS) is 10.9. The SMILES string of the molecule is Cc1cccc(NC(=S)N(CCc2c(C)[nH]c3ccccc23)Cc2ccncc2)c1. The molecule has 0 atom stereocenters. The molecule has 2 N–H and O–H groups in total. The van der Waals surface area contributed by atoms with Gasteiger partial charge >= 0.3 is 0 Å². The highest BCUT2D eigenvalue weighted by atomic mass is 32.1. The van der Waals surface area contributed by atoms with E-state index in [-0.39, 0.29) is 0 Å². The molecule has 5 heteroatoms. The van der Waals surface area contributed by atoms with E-state index < -0.39 is 0 Å². The third kappa shape index (κ3) is 4.69. The lowest BCUT2D eigenvalue weighted by Crippen LogP contribution is -2.36. The third-order valence-corrected chi connectivity index (χ3v) is 5.70. The molecule has 0 spiro atoms. The van der Waals surface area contributed by atoms with E-state index in [0.717, 1.165) is 30.3 Å². The van der Waals surface area contributed by atoms with Gasteiger partial charge in [0.1, 0.15) is 0 Å². The Morgan fingerprint density at radius 3 is 2.63 bits per heavy atom. The van der Waals surface area contributed by atoms with Crippen LogP contribution in [0.15, 0.2) is 73.1 Å². The monoisotopic (exact) mass is 414 g/mol. The number of para-hydroxylation sites is 1. The minimum atomic E-state index is 0.731. The van der Waals surface area contributed by atoms with Gasteiger partial charge in [0.2, 0.25) is 0 Å². The van der Waals surface area contributed by atoms with Crippen LogP contribution in [0, 0.1) is 13.8 Å². The molecule has 2 heterocycles. The van der Waals surface area contributed by atoms with Crippen LogP contribution in [0.5, 0.6) is 0 Å². The predicted molar refractivity (Wildman–Crippen MR) is 129 cm³/mol. The fraction of sp³-hybridized carbons (Fsp3) is 0.200. The number of benzene rings is 2. The average molecular weight is 415 g/mol. The average Bonchev–Trinajstić information content (AvgIpc) is 3.07. The van der Waals surface area contributed by atoms with Crippen LogP contribution < -0.4 is 5.32 Å². The van der Waals surface area contributed by atoms with E-state index in [1.807, 2.05) is 36.7 Å². The van der Waals surface area contributed by atoms with Crippen LogP contribution in [0.4, 0.5) is 5.69 Å². The summed E-state index contributed by atoms with van der Waals surface area (Å²) in [6.45, 7) is 5.79. The van der Waals surface area contributed by atoms with Gasteiger partial charge in [0, 0.05) is 47.8 Å². The van der Waals surface area contributed by atoms with Crippen molar-refractivity contribution in [2.75, 3.05) is 11.9 Å². The smallest absolute Gasteiger partial charge is 0.173 e. The van der Waals surface area contributed by atoms with Gasteiger partial charge in [-0.15, -0.1) is 0 Å². The Hall–Kier alpha value is -3.18. The van der Waals surface area contributed by atoms with Crippen LogP contribution in [-0.2, 0) is 13.0 Å². The number of rotatable bonds is 6. The van der Waals surface area contributed by atoms with Crippen molar-refractivity contribution < 1.29 is 0 Å². The first-order chi connectivity index (χ1) is 14.6. The number of aromatic amines is 1. The molecule has 0 radical (unpaired) electrons. The Morgan fingerprint density at radius 1 is 1.03 bits per heavy atom. The van der Waals surface area contributed by atoms with Gasteiger partial charge in [-0.2, -0.15) is 0 Å². The Labute approximate surface area is 183 Å². The van der Waals surface area contributed by atoms with Crippen molar-refractivity contribution in [3.8, 4) is 0 Å². The quantitative estimate of drug-likeness (QED) is 0.402. The predicted octanol–water partition coefficient (Wildman–Crippen LogP) is 5.62. The lowest BCUT2D eigenvalue weighted by molar-refractivity contribution is 0.423. The molecule has 0 aliphatic rings. The van der Waals surface area contributed by atoms with Gasteiger partial charge in [-0.25, -0.2) is 0 Å². The summed E-state index contributed by atoms with van der Waals surface area (Å²) in [7, 11) is 0. The van der Waals surface area contributed by atoms with Crippen LogP contribution in [-0.4, -0.2) is 26.5 Å². The standard InChI is InChI=1S/C25H26N4S/c1-18-6-5-7-21(16-18)28-25(30)29(17-20-10-13-26-14-11-20)15-12-22-19(2)27-24-9-4-3-8-23(22)24/h3-11,13-14,16,27H,12,15,17H2,1-2H3,(H,28,30). The number of aromatic nitrogens is 2. The minimum Gasteiger partial charge on any atom is -0.358 e. The lowest BCUT2D eigenvalue weighted by Gasteiger charge is -2.26. The summed E-state index contributed by atoms with van der Waals surface area (Å²) in [6, 6.07) is 20.9. The number of aryl methyl sites for hydroxylation is 2. The van der Waals surface area contributed by atoms with Gasteiger partial charge < -0.3 is 15.2 Å². The molecule has 4 nitrogen and oxygen atoms in total. The Morgan fingerprint density at radius 2 is 1.83 bits per heavy atom. The highest BCUT2D eigenvalue weighted by Crippen LogP contribution is 2.23. The summed E-state index contributed by atoms with van der Waals surface area (Å²) in [6.07, 6.45) is 4.57. The highest BCUT2D eigenvalue weighted by molar-refractivity contribution is 7.80. The largest absolute Gasteiger partial charge is 0.358 e. The van der Waals surface area contributed by atoms with Gasteiger partial charge in [0.05, 0.1) is 0 Å². The molecule has 4 aromatic rings. The molecule has 0 saturated heterocycles. The van der Waals surface area contributed by atoms with Crippen molar-refractivity contribution in [2.45, 2.75) is 26.8 Å². The molecule has 0 aliphatic carbocycles. The molecular formula is C25H26N4S. The van der Waals surface area contributed by atoms with Crippen LogP contribution in [0.1, 0.15) is 22.4 Å². The summed E-state index contributed by atoms with van der Waals surface area (Å²) in [5.74, 6) is 0. The minimum absolute atomic E-state index is 0.731. The van der Waals surface area contributed by atoms with Gasteiger partial charge in [-0.05, 0) is 79.5 Å². The maximum atomic E-state index is 5.81. The number of nitrogens with one attached hydrogen (secondary N) is 2. The first kappa shape index (κ1) is 20.1. The molecule has 0 amide bonds. The topological polar surface area (TPSA) is 44.0 Å². The molecule has 0 fully saturated rings. The van der Waals surface area contributed by atoms with Crippen LogP contribution >= 0.6 is 12.2 Å². The Balaban J connectivity index is 1.55. The van der Waals surface area contributed by atoms with Crippen LogP contribution in [0.25, 0.3) is 10.9 Å². The number of thiocarbonyl (C=S) groups is 1. The number of H-pyrrole nitrogens is 1. The fourth-order valence-corrected chi connectivity index (χ4v) is 4.06. The van der Waals surface area contributed by atoms with Gasteiger partial charge in [0.25, 0.3) is 0 Å². The van der Waals surface area contributed by atoms with E-state index in [1.165, 1.54) is 33.3 Å². The second kappa shape index (κ2) is 9.09. The van der Waals surface area contributed by atoms with Crippen molar-refractivity contribution in [3.05, 3.63) is 95.4 Å². The van der Waals surface area contributed by atoms with E-state index in [0.29, 0.717) is 0 Å². The zero-order valence-corrected chi connectivity index (χ0v) is 18.2. The van der Waals surface area contributed by atoms with Crippen molar-refractivity contribution in [1.29, 1.82) is 0 Å². The fourth-order valence-electron chi connectivity index (χ4n) is 3.79. The van der Waals surface area contributed by atoms with Crippen molar-refractivity contribution >= 4 is 33.9 Å². The number of nitrogens with zero attached hydrogens (tertiary/aromatic N) is 2. The maximum absolute atomic E-state index is 5.81. The van der Waals surface area contributed by atoms with E-state index in [1.54, 1.807) is 0 Å². The van der Waals surface area contributed by atoms with Crippen molar-refractivity contribution in [3.63, 3.8) is 0 Å². The first-order valence-electron chi connectivity index (χ1n) is 10.2. The second-order valence-corrected chi connectivity index (χ2v) is 7.99. The van der Waals surface area contributed by atoms with Gasteiger partial charge in [-0.1, -0.05) is 30.3 Å². The summed E-state index contributed by atoms with van der Waals surface area (Å²) in [5.41, 5.74) is 7.17. The molecule has 0 aliphatic heterocycles.